The Morgan fingerprint density at radius 2 is 1.67 bits per heavy atom. The van der Waals surface area contributed by atoms with Crippen LogP contribution in [0.4, 0.5) is 5.69 Å². The minimum atomic E-state index is -1.15. The first-order valence-electron chi connectivity index (χ1n) is 19.6. The van der Waals surface area contributed by atoms with Gasteiger partial charge in [-0.15, -0.1) is 0 Å². The van der Waals surface area contributed by atoms with Crippen LogP contribution in [0.1, 0.15) is 42.5 Å². The first kappa shape index (κ1) is 40.1. The van der Waals surface area contributed by atoms with Crippen molar-refractivity contribution in [1.29, 1.82) is 0 Å². The largest absolute Gasteiger partial charge is 0.508 e. The highest BCUT2D eigenvalue weighted by Crippen LogP contribution is 2.57. The number of ether oxygens (including phenoxy) is 2. The number of phenolic OH excluding ortho intramolecular Hbond substituents is 4. The lowest BCUT2D eigenvalue weighted by Crippen LogP contribution is -2.50. The molecule has 0 spiro atoms. The number of aromatic amines is 1. The number of benzene rings is 4. The fourth-order valence-electron chi connectivity index (χ4n) is 9.07. The summed E-state index contributed by atoms with van der Waals surface area (Å²) in [5.74, 6) is -1.11. The lowest BCUT2D eigenvalue weighted by atomic mass is 9.58. The van der Waals surface area contributed by atoms with E-state index in [4.69, 9.17) is 9.47 Å². The molecular weight excluding hydrogens is 739 g/mol. The number of hydrogen-bond donors (Lipinski definition) is 9. The molecule has 5 aromatic rings. The van der Waals surface area contributed by atoms with Crippen molar-refractivity contribution in [2.24, 2.45) is 17.3 Å². The van der Waals surface area contributed by atoms with Gasteiger partial charge in [0.15, 0.2) is 23.0 Å². The molecule has 0 saturated heterocycles. The summed E-state index contributed by atoms with van der Waals surface area (Å²) >= 11 is 0. The van der Waals surface area contributed by atoms with Gasteiger partial charge in [-0.1, -0.05) is 24.3 Å². The Labute approximate surface area is 337 Å². The van der Waals surface area contributed by atoms with Crippen LogP contribution in [0.2, 0.25) is 0 Å². The summed E-state index contributed by atoms with van der Waals surface area (Å²) in [6.07, 6.45) is 6.02. The summed E-state index contributed by atoms with van der Waals surface area (Å²) < 4.78 is 10.6. The van der Waals surface area contributed by atoms with Gasteiger partial charge in [0.25, 0.3) is 0 Å². The molecule has 0 bridgehead atoms. The zero-order valence-electron chi connectivity index (χ0n) is 32.6. The van der Waals surface area contributed by atoms with Gasteiger partial charge < -0.3 is 55.7 Å². The van der Waals surface area contributed by atoms with Crippen LogP contribution in [0, 0.1) is 17.3 Å². The molecule has 5 atom stereocenters. The first-order valence-corrected chi connectivity index (χ1v) is 19.6. The van der Waals surface area contributed by atoms with Gasteiger partial charge in [0, 0.05) is 41.9 Å². The van der Waals surface area contributed by atoms with Crippen LogP contribution < -0.4 is 20.1 Å². The number of aliphatic hydroxyl groups is 2. The van der Waals surface area contributed by atoms with Gasteiger partial charge in [0.2, 0.25) is 5.75 Å². The molecule has 12 nitrogen and oxygen atoms in total. The molecule has 2 heterocycles. The molecule has 7 rings (SSSR count). The SMILES string of the molecule is COc1cc(CCC(O)C(C(=O)CCc2cc(O)c(O)c(OC)c2)C2(C3=CCNC(Nc4ccc5cc(O)ccc5c4)=C3)CCC(O)C2Cc2ccc[nH]2)ccc1O. The number of carbonyl (C=O) groups excluding carboxylic acids is 1. The lowest BCUT2D eigenvalue weighted by molar-refractivity contribution is -0.134. The molecule has 5 unspecified atom stereocenters. The zero-order valence-corrected chi connectivity index (χ0v) is 32.6. The highest BCUT2D eigenvalue weighted by atomic mass is 16.5. The average molecular weight is 790 g/mol. The maximum absolute atomic E-state index is 15.1. The highest BCUT2D eigenvalue weighted by Gasteiger charge is 2.58. The number of nitrogens with one attached hydrogen (secondary N) is 3. The maximum Gasteiger partial charge on any atom is 0.200 e. The number of rotatable bonds is 16. The van der Waals surface area contributed by atoms with Crippen molar-refractivity contribution in [2.45, 2.75) is 57.2 Å². The van der Waals surface area contributed by atoms with Crippen molar-refractivity contribution < 1.29 is 44.9 Å². The van der Waals surface area contributed by atoms with Crippen molar-refractivity contribution in [3.63, 3.8) is 0 Å². The summed E-state index contributed by atoms with van der Waals surface area (Å²) in [6.45, 7) is 0.430. The number of dihydropyridines is 1. The van der Waals surface area contributed by atoms with E-state index >= 15 is 4.79 Å². The van der Waals surface area contributed by atoms with E-state index < -0.39 is 29.5 Å². The van der Waals surface area contributed by atoms with Crippen molar-refractivity contribution >= 4 is 22.2 Å². The Bertz CT molecular complexity index is 2320. The summed E-state index contributed by atoms with van der Waals surface area (Å²) in [7, 11) is 2.86. The first-order chi connectivity index (χ1) is 28.0. The number of H-pyrrole nitrogens is 1. The Kier molecular flexibility index (Phi) is 11.9. The second-order valence-corrected chi connectivity index (χ2v) is 15.3. The standard InChI is InChI=1S/C46H51N3O9/c1-57-41-21-27(5-12-37(41)52)6-13-38(53)44(39(54)14-7-28-20-40(55)45(56)42(22-28)58-2)46(17-15-36(51)35(46)26-32-4-3-18-47-32)31-16-19-48-43(25-31)49-33-10-8-30-24-34(50)11-9-29(30)23-33/h3-5,8-12,16,18,20-25,35-36,38,44,47-53,55-56H,6-7,13-15,17,19,26H2,1-2H3. The molecule has 1 saturated carbocycles. The van der Waals surface area contributed by atoms with E-state index in [1.807, 2.05) is 48.7 Å². The van der Waals surface area contributed by atoms with Gasteiger partial charge in [-0.25, -0.2) is 0 Å². The van der Waals surface area contributed by atoms with E-state index in [-0.39, 0.29) is 53.8 Å². The fourth-order valence-corrected chi connectivity index (χ4v) is 9.07. The number of anilines is 1. The van der Waals surface area contributed by atoms with Crippen molar-refractivity contribution in [3.8, 4) is 34.5 Å². The molecule has 1 aromatic heterocycles. The number of carbonyl (C=O) groups is 1. The number of aromatic hydroxyl groups is 4. The number of allylic oxidation sites excluding steroid dienone is 2. The van der Waals surface area contributed by atoms with Crippen LogP contribution in [0.15, 0.2) is 109 Å². The minimum absolute atomic E-state index is 0.000150. The Balaban J connectivity index is 1.29. The predicted molar refractivity (Wildman–Crippen MR) is 221 cm³/mol. The van der Waals surface area contributed by atoms with E-state index in [0.29, 0.717) is 49.4 Å². The molecule has 9 N–H and O–H groups in total. The predicted octanol–water partition coefficient (Wildman–Crippen LogP) is 6.60. The van der Waals surface area contributed by atoms with Gasteiger partial charge in [-0.2, -0.15) is 0 Å². The number of Topliss-reactive ketones (excluding diaryl/α,β-unsaturated/α-hetero) is 1. The number of aromatic nitrogens is 1. The molecular formula is C46H51N3O9. The second-order valence-electron chi connectivity index (χ2n) is 15.3. The summed E-state index contributed by atoms with van der Waals surface area (Å²) in [5, 5.41) is 74.1. The topological polar surface area (TPSA) is 197 Å². The molecule has 1 aliphatic carbocycles. The molecule has 2 aliphatic rings. The van der Waals surface area contributed by atoms with Gasteiger partial charge in [0.1, 0.15) is 17.4 Å². The lowest BCUT2D eigenvalue weighted by Gasteiger charge is -2.46. The van der Waals surface area contributed by atoms with Crippen LogP contribution in [-0.4, -0.2) is 74.4 Å². The third-order valence-electron chi connectivity index (χ3n) is 11.9. The quantitative estimate of drug-likeness (QED) is 0.0489. The number of ketones is 1. The van der Waals surface area contributed by atoms with Gasteiger partial charge in [0.05, 0.1) is 32.3 Å². The van der Waals surface area contributed by atoms with Crippen LogP contribution in [-0.2, 0) is 24.1 Å². The molecule has 4 aromatic carbocycles. The van der Waals surface area contributed by atoms with Crippen LogP contribution >= 0.6 is 0 Å². The number of hydrogen-bond acceptors (Lipinski definition) is 11. The number of aryl methyl sites for hydroxylation is 2. The minimum Gasteiger partial charge on any atom is -0.508 e. The summed E-state index contributed by atoms with van der Waals surface area (Å²) in [4.78, 5) is 18.4. The number of methoxy groups -OCH3 is 2. The Hall–Kier alpha value is -6.11. The maximum atomic E-state index is 15.1. The highest BCUT2D eigenvalue weighted by molar-refractivity contribution is 5.87. The normalized spacial score (nSPS) is 20.1. The Morgan fingerprint density at radius 1 is 0.897 bits per heavy atom. The zero-order chi connectivity index (χ0) is 41.0. The molecule has 58 heavy (non-hydrogen) atoms. The molecule has 0 amide bonds. The van der Waals surface area contributed by atoms with Gasteiger partial charge in [-0.05, 0) is 133 Å². The number of phenols is 4. The average Bonchev–Trinajstić information content (AvgIpc) is 3.86. The summed E-state index contributed by atoms with van der Waals surface area (Å²) in [5.41, 5.74) is 2.92. The monoisotopic (exact) mass is 789 g/mol. The van der Waals surface area contributed by atoms with E-state index in [0.717, 1.165) is 33.3 Å². The van der Waals surface area contributed by atoms with Crippen molar-refractivity contribution in [3.05, 3.63) is 125 Å². The van der Waals surface area contributed by atoms with E-state index in [1.54, 1.807) is 36.4 Å². The van der Waals surface area contributed by atoms with Crippen LogP contribution in [0.5, 0.6) is 34.5 Å². The third kappa shape index (κ3) is 8.30. The molecule has 0 radical (unpaired) electrons. The molecule has 12 heteroatoms. The van der Waals surface area contributed by atoms with Gasteiger partial charge in [-0.3, -0.25) is 4.79 Å². The van der Waals surface area contributed by atoms with E-state index in [9.17, 15) is 30.6 Å². The molecule has 304 valence electrons. The second kappa shape index (κ2) is 17.2. The smallest absolute Gasteiger partial charge is 0.200 e. The van der Waals surface area contributed by atoms with Gasteiger partial charge >= 0.3 is 0 Å². The molecule has 1 fully saturated rings. The van der Waals surface area contributed by atoms with Crippen LogP contribution in [0.3, 0.4) is 0 Å². The summed E-state index contributed by atoms with van der Waals surface area (Å²) in [6, 6.07) is 22.9. The number of aliphatic hydroxyl groups excluding tert-OH is 2. The van der Waals surface area contributed by atoms with Crippen LogP contribution in [0.25, 0.3) is 10.8 Å². The molecule has 1 aliphatic heterocycles. The Morgan fingerprint density at radius 3 is 2.45 bits per heavy atom. The van der Waals surface area contributed by atoms with Crippen molar-refractivity contribution in [1.82, 2.24) is 10.3 Å². The van der Waals surface area contributed by atoms with Crippen molar-refractivity contribution in [2.75, 3.05) is 26.1 Å². The fraction of sp³-hybridized carbons (Fsp3) is 0.326. The van der Waals surface area contributed by atoms with E-state index in [2.05, 4.69) is 21.7 Å². The number of fused-ring (bicyclic) bond motifs is 1. The third-order valence-corrected chi connectivity index (χ3v) is 11.9. The van der Waals surface area contributed by atoms with E-state index in [1.165, 1.54) is 20.3 Å².